The van der Waals surface area contributed by atoms with Crippen molar-refractivity contribution in [3.05, 3.63) is 57.6 Å². The Morgan fingerprint density at radius 3 is 2.53 bits per heavy atom. The fourth-order valence-corrected chi connectivity index (χ4v) is 1.45. The summed E-state index contributed by atoms with van der Waals surface area (Å²) < 4.78 is 1.54. The molecule has 85 valence electrons. The minimum atomic E-state index is -0.0622. The van der Waals surface area contributed by atoms with Gasteiger partial charge in [0, 0.05) is 50.8 Å². The maximum absolute atomic E-state index is 11.8. The quantitative estimate of drug-likeness (QED) is 0.755. The second-order valence-corrected chi connectivity index (χ2v) is 3.94. The molecule has 0 fully saturated rings. The predicted octanol–water partition coefficient (Wildman–Crippen LogP) is 1.96. The summed E-state index contributed by atoms with van der Waals surface area (Å²) in [6.07, 6.45) is 3.51. The SMILES string of the molecule is Cc1[c-]cc(-n2cc(C)c(C)cc2=O)nc1.[Y]. The number of hydrogen-bond donors (Lipinski definition) is 0. The van der Waals surface area contributed by atoms with Crippen molar-refractivity contribution in [2.75, 3.05) is 0 Å². The number of rotatable bonds is 1. The van der Waals surface area contributed by atoms with Gasteiger partial charge in [-0.1, -0.05) is 13.1 Å². The van der Waals surface area contributed by atoms with Crippen LogP contribution in [0.1, 0.15) is 16.7 Å². The summed E-state index contributed by atoms with van der Waals surface area (Å²) in [7, 11) is 0. The molecule has 1 radical (unpaired) electrons. The molecule has 0 atom stereocenters. The number of aryl methyl sites for hydroxylation is 3. The fraction of sp³-hybridized carbons (Fsp3) is 0.231. The van der Waals surface area contributed by atoms with Gasteiger partial charge in [-0.15, -0.1) is 11.6 Å². The van der Waals surface area contributed by atoms with Gasteiger partial charge in [0.2, 0.25) is 5.56 Å². The first-order valence-electron chi connectivity index (χ1n) is 5.12. The van der Waals surface area contributed by atoms with Crippen molar-refractivity contribution in [3.8, 4) is 5.82 Å². The fourth-order valence-electron chi connectivity index (χ4n) is 1.45. The van der Waals surface area contributed by atoms with Gasteiger partial charge in [-0.2, -0.15) is 6.07 Å². The Kier molecular flexibility index (Phi) is 4.78. The van der Waals surface area contributed by atoms with Gasteiger partial charge in [-0.3, -0.25) is 4.79 Å². The van der Waals surface area contributed by atoms with Gasteiger partial charge in [-0.05, 0) is 25.0 Å². The van der Waals surface area contributed by atoms with Gasteiger partial charge < -0.3 is 9.55 Å². The second kappa shape index (κ2) is 5.70. The van der Waals surface area contributed by atoms with Crippen molar-refractivity contribution in [2.45, 2.75) is 20.8 Å². The van der Waals surface area contributed by atoms with Crippen molar-refractivity contribution < 1.29 is 32.7 Å². The molecule has 2 aromatic rings. The minimum absolute atomic E-state index is 0. The summed E-state index contributed by atoms with van der Waals surface area (Å²) in [6.45, 7) is 5.82. The molecule has 0 aromatic carbocycles. The summed E-state index contributed by atoms with van der Waals surface area (Å²) in [6, 6.07) is 6.39. The molecule has 0 aliphatic heterocycles. The molecule has 0 bridgehead atoms. The van der Waals surface area contributed by atoms with Crippen molar-refractivity contribution in [3.63, 3.8) is 0 Å². The zero-order valence-corrected chi connectivity index (χ0v) is 13.0. The molecule has 4 heteroatoms. The van der Waals surface area contributed by atoms with Crippen LogP contribution in [0.25, 0.3) is 5.82 Å². The van der Waals surface area contributed by atoms with E-state index in [2.05, 4.69) is 11.1 Å². The minimum Gasteiger partial charge on any atom is -0.367 e. The van der Waals surface area contributed by atoms with E-state index in [1.165, 1.54) is 4.57 Å². The number of hydrogen-bond acceptors (Lipinski definition) is 2. The predicted molar refractivity (Wildman–Crippen MR) is 62.9 cm³/mol. The van der Waals surface area contributed by atoms with E-state index < -0.39 is 0 Å². The van der Waals surface area contributed by atoms with Gasteiger partial charge >= 0.3 is 0 Å². The Labute approximate surface area is 126 Å². The molecular weight excluding hydrogens is 289 g/mol. The smallest absolute Gasteiger partial charge is 0.245 e. The second-order valence-electron chi connectivity index (χ2n) is 3.94. The van der Waals surface area contributed by atoms with E-state index in [1.807, 2.05) is 27.0 Å². The Bertz CT molecular complexity index is 573. The monoisotopic (exact) mass is 302 g/mol. The van der Waals surface area contributed by atoms with Crippen molar-refractivity contribution in [1.29, 1.82) is 0 Å². The Hall–Kier alpha value is -0.796. The number of aromatic nitrogens is 2. The van der Waals surface area contributed by atoms with Crippen LogP contribution in [0.2, 0.25) is 0 Å². The molecular formula is C13H13N2OY-. The molecule has 2 heterocycles. The zero-order chi connectivity index (χ0) is 11.7. The maximum atomic E-state index is 11.8. The Morgan fingerprint density at radius 2 is 1.94 bits per heavy atom. The first-order chi connectivity index (χ1) is 7.58. The molecule has 2 rings (SSSR count). The van der Waals surface area contributed by atoms with Crippen LogP contribution in [0, 0.1) is 26.8 Å². The van der Waals surface area contributed by atoms with Gasteiger partial charge in [0.25, 0.3) is 0 Å². The van der Waals surface area contributed by atoms with E-state index in [0.29, 0.717) is 5.82 Å². The van der Waals surface area contributed by atoms with Crippen LogP contribution in [-0.2, 0) is 32.7 Å². The van der Waals surface area contributed by atoms with E-state index >= 15 is 0 Å². The van der Waals surface area contributed by atoms with Gasteiger partial charge in [0.15, 0.2) is 0 Å². The average molecular weight is 302 g/mol. The molecule has 0 N–H and O–H groups in total. The summed E-state index contributed by atoms with van der Waals surface area (Å²) in [4.78, 5) is 16.0. The third-order valence-electron chi connectivity index (χ3n) is 2.59. The van der Waals surface area contributed by atoms with Crippen molar-refractivity contribution in [2.24, 2.45) is 0 Å². The van der Waals surface area contributed by atoms with Crippen LogP contribution in [0.4, 0.5) is 0 Å². The largest absolute Gasteiger partial charge is 0.367 e. The van der Waals surface area contributed by atoms with Crippen LogP contribution < -0.4 is 5.56 Å². The number of pyridine rings is 2. The summed E-state index contributed by atoms with van der Waals surface area (Å²) >= 11 is 0. The van der Waals surface area contributed by atoms with Crippen LogP contribution in [0.5, 0.6) is 0 Å². The van der Waals surface area contributed by atoms with Crippen LogP contribution in [0.3, 0.4) is 0 Å². The third kappa shape index (κ3) is 3.11. The van der Waals surface area contributed by atoms with E-state index in [0.717, 1.165) is 16.7 Å². The normalized spacial score (nSPS) is 9.82. The molecule has 0 saturated carbocycles. The number of nitrogens with zero attached hydrogens (tertiary/aromatic N) is 2. The molecule has 0 amide bonds. The van der Waals surface area contributed by atoms with Gasteiger partial charge in [0.05, 0.1) is 0 Å². The Morgan fingerprint density at radius 1 is 1.24 bits per heavy atom. The average Bonchev–Trinajstić information content (AvgIpc) is 2.25. The van der Waals surface area contributed by atoms with Crippen molar-refractivity contribution in [1.82, 2.24) is 9.55 Å². The molecule has 3 nitrogen and oxygen atoms in total. The van der Waals surface area contributed by atoms with E-state index in [9.17, 15) is 4.79 Å². The molecule has 0 unspecified atom stereocenters. The molecule has 0 spiro atoms. The van der Waals surface area contributed by atoms with E-state index in [-0.39, 0.29) is 38.3 Å². The third-order valence-corrected chi connectivity index (χ3v) is 2.59. The van der Waals surface area contributed by atoms with Gasteiger partial charge in [0.1, 0.15) is 0 Å². The van der Waals surface area contributed by atoms with E-state index in [1.54, 1.807) is 18.3 Å². The molecule has 0 aliphatic carbocycles. The first-order valence-corrected chi connectivity index (χ1v) is 5.12. The molecule has 0 saturated heterocycles. The van der Waals surface area contributed by atoms with Crippen LogP contribution in [-0.4, -0.2) is 9.55 Å². The Balaban J connectivity index is 0.00000144. The first kappa shape index (κ1) is 14.3. The summed E-state index contributed by atoms with van der Waals surface area (Å²) in [5.41, 5.74) is 2.97. The zero-order valence-electron chi connectivity index (χ0n) is 10.2. The van der Waals surface area contributed by atoms with Gasteiger partial charge in [-0.25, -0.2) is 0 Å². The standard InChI is InChI=1S/C13H13N2O.Y/c1-9-4-5-12(14-7-9)15-8-11(3)10(2)6-13(15)16;/h5-8H,1-3H3;/q-1;. The van der Waals surface area contributed by atoms with Crippen LogP contribution in [0.15, 0.2) is 29.3 Å². The summed E-state index contributed by atoms with van der Waals surface area (Å²) in [5, 5.41) is 0. The maximum Gasteiger partial charge on any atom is 0.245 e. The van der Waals surface area contributed by atoms with Crippen molar-refractivity contribution >= 4 is 0 Å². The summed E-state index contributed by atoms with van der Waals surface area (Å²) in [5.74, 6) is 0.610. The molecule has 2 aromatic heterocycles. The van der Waals surface area contributed by atoms with Crippen LogP contribution >= 0.6 is 0 Å². The van der Waals surface area contributed by atoms with E-state index in [4.69, 9.17) is 0 Å². The topological polar surface area (TPSA) is 34.9 Å². The molecule has 0 aliphatic rings. The molecule has 17 heavy (non-hydrogen) atoms.